The van der Waals surface area contributed by atoms with Gasteiger partial charge in [-0.3, -0.25) is 0 Å². The highest BCUT2D eigenvalue weighted by Gasteiger charge is 2.49. The predicted octanol–water partition coefficient (Wildman–Crippen LogP) is 4.01. The second-order valence-electron chi connectivity index (χ2n) is 6.97. The van der Waals surface area contributed by atoms with Crippen molar-refractivity contribution < 1.29 is 9.84 Å². The van der Waals surface area contributed by atoms with E-state index < -0.39 is 5.60 Å². The Hall–Kier alpha value is -1.84. The van der Waals surface area contributed by atoms with Crippen molar-refractivity contribution in [2.75, 3.05) is 7.11 Å². The first-order chi connectivity index (χ1) is 11.6. The van der Waals surface area contributed by atoms with E-state index in [1.165, 1.54) is 5.56 Å². The maximum atomic E-state index is 11.6. The van der Waals surface area contributed by atoms with E-state index in [4.69, 9.17) is 4.74 Å². The van der Waals surface area contributed by atoms with Gasteiger partial charge in [0.15, 0.2) is 0 Å². The molecule has 24 heavy (non-hydrogen) atoms. The second-order valence-corrected chi connectivity index (χ2v) is 6.97. The van der Waals surface area contributed by atoms with Crippen molar-refractivity contribution in [1.29, 1.82) is 0 Å². The Balaban J connectivity index is 1.88. The number of benzene rings is 2. The lowest BCUT2D eigenvalue weighted by Crippen LogP contribution is -2.60. The Morgan fingerprint density at radius 3 is 2.54 bits per heavy atom. The minimum absolute atomic E-state index is 0.368. The highest BCUT2D eigenvalue weighted by molar-refractivity contribution is 5.35. The van der Waals surface area contributed by atoms with Gasteiger partial charge >= 0.3 is 0 Å². The lowest BCUT2D eigenvalue weighted by Gasteiger charge is -2.49. The van der Waals surface area contributed by atoms with Crippen LogP contribution < -0.4 is 10.1 Å². The fourth-order valence-corrected chi connectivity index (χ4v) is 3.81. The molecule has 2 aromatic carbocycles. The van der Waals surface area contributed by atoms with Gasteiger partial charge in [-0.1, -0.05) is 55.3 Å². The van der Waals surface area contributed by atoms with Crippen LogP contribution in [0.15, 0.2) is 54.6 Å². The Labute approximate surface area is 144 Å². The summed E-state index contributed by atoms with van der Waals surface area (Å²) in [4.78, 5) is 0. The number of rotatable bonds is 5. The van der Waals surface area contributed by atoms with Gasteiger partial charge in [0.1, 0.15) is 11.4 Å². The molecule has 3 rings (SSSR count). The van der Waals surface area contributed by atoms with Gasteiger partial charge in [0, 0.05) is 12.1 Å². The third kappa shape index (κ3) is 3.19. The van der Waals surface area contributed by atoms with Crippen LogP contribution in [0.2, 0.25) is 0 Å². The summed E-state index contributed by atoms with van der Waals surface area (Å²) < 4.78 is 5.36. The minimum atomic E-state index is -0.894. The second kappa shape index (κ2) is 6.96. The van der Waals surface area contributed by atoms with Crippen molar-refractivity contribution in [3.05, 3.63) is 65.7 Å². The number of nitrogens with one attached hydrogen (secondary N) is 1. The molecular weight excluding hydrogens is 298 g/mol. The molecule has 0 aromatic heterocycles. The molecule has 3 heteroatoms. The quantitative estimate of drug-likeness (QED) is 0.873. The molecule has 1 fully saturated rings. The monoisotopic (exact) mass is 325 g/mol. The molecule has 2 aromatic rings. The molecule has 2 N–H and O–H groups in total. The number of hydrogen-bond donors (Lipinski definition) is 2. The zero-order valence-electron chi connectivity index (χ0n) is 14.6. The van der Waals surface area contributed by atoms with Gasteiger partial charge in [-0.25, -0.2) is 0 Å². The number of hydrogen-bond acceptors (Lipinski definition) is 3. The van der Waals surface area contributed by atoms with Crippen molar-refractivity contribution in [3.8, 4) is 5.75 Å². The average molecular weight is 325 g/mol. The molecule has 0 radical (unpaired) electrons. The minimum Gasteiger partial charge on any atom is -0.497 e. The highest BCUT2D eigenvalue weighted by atomic mass is 16.5. The van der Waals surface area contributed by atoms with Gasteiger partial charge in [0.05, 0.1) is 7.11 Å². The Kier molecular flexibility index (Phi) is 4.93. The van der Waals surface area contributed by atoms with Crippen molar-refractivity contribution in [2.24, 2.45) is 0 Å². The van der Waals surface area contributed by atoms with Crippen LogP contribution in [0, 0.1) is 0 Å². The summed E-state index contributed by atoms with van der Waals surface area (Å²) in [5, 5.41) is 15.3. The van der Waals surface area contributed by atoms with E-state index in [0.717, 1.165) is 43.5 Å². The van der Waals surface area contributed by atoms with Crippen LogP contribution in [-0.4, -0.2) is 17.8 Å². The van der Waals surface area contributed by atoms with Crippen LogP contribution >= 0.6 is 0 Å². The summed E-state index contributed by atoms with van der Waals surface area (Å²) in [6.07, 6.45) is 3.88. The van der Waals surface area contributed by atoms with Crippen molar-refractivity contribution in [1.82, 2.24) is 5.32 Å². The number of methoxy groups -OCH3 is 1. The fourth-order valence-electron chi connectivity index (χ4n) is 3.81. The molecule has 2 unspecified atom stereocenters. The van der Waals surface area contributed by atoms with Crippen LogP contribution in [0.3, 0.4) is 0 Å². The summed E-state index contributed by atoms with van der Waals surface area (Å²) in [6, 6.07) is 18.2. The molecule has 0 saturated heterocycles. The first-order valence-electron chi connectivity index (χ1n) is 8.73. The Morgan fingerprint density at radius 1 is 1.04 bits per heavy atom. The molecule has 1 aliphatic rings. The van der Waals surface area contributed by atoms with E-state index in [-0.39, 0.29) is 5.54 Å². The third-order valence-electron chi connectivity index (χ3n) is 5.45. The zero-order chi connectivity index (χ0) is 17.0. The first kappa shape index (κ1) is 17.0. The molecular formula is C21H27NO2. The van der Waals surface area contributed by atoms with Gasteiger partial charge in [0.2, 0.25) is 0 Å². The maximum absolute atomic E-state index is 11.6. The summed E-state index contributed by atoms with van der Waals surface area (Å²) >= 11 is 0. The van der Waals surface area contributed by atoms with E-state index in [1.54, 1.807) is 7.11 Å². The summed E-state index contributed by atoms with van der Waals surface area (Å²) in [6.45, 7) is 2.90. The summed E-state index contributed by atoms with van der Waals surface area (Å²) in [7, 11) is 1.66. The molecule has 0 aliphatic heterocycles. The lowest BCUT2D eigenvalue weighted by molar-refractivity contribution is -0.0820. The van der Waals surface area contributed by atoms with Gasteiger partial charge < -0.3 is 15.2 Å². The Bertz CT molecular complexity index is 673. The normalized spacial score (nSPS) is 27.0. The van der Waals surface area contributed by atoms with Crippen LogP contribution in [0.25, 0.3) is 0 Å². The zero-order valence-corrected chi connectivity index (χ0v) is 14.6. The molecule has 1 aliphatic carbocycles. The molecule has 0 heterocycles. The molecule has 0 bridgehead atoms. The van der Waals surface area contributed by atoms with E-state index in [9.17, 15) is 5.11 Å². The van der Waals surface area contributed by atoms with Gasteiger partial charge in [-0.2, -0.15) is 0 Å². The smallest absolute Gasteiger partial charge is 0.119 e. The number of aliphatic hydroxyl groups is 1. The molecule has 2 atom stereocenters. The Morgan fingerprint density at radius 2 is 1.79 bits per heavy atom. The van der Waals surface area contributed by atoms with Gasteiger partial charge in [-0.05, 0) is 43.0 Å². The first-order valence-corrected chi connectivity index (χ1v) is 8.73. The molecule has 128 valence electrons. The topological polar surface area (TPSA) is 41.5 Å². The predicted molar refractivity (Wildman–Crippen MR) is 97.0 cm³/mol. The van der Waals surface area contributed by atoms with Crippen LogP contribution in [0.5, 0.6) is 5.75 Å². The fraction of sp³-hybridized carbons (Fsp3) is 0.429. The van der Waals surface area contributed by atoms with Gasteiger partial charge in [0.25, 0.3) is 0 Å². The highest BCUT2D eigenvalue weighted by Crippen LogP contribution is 2.45. The van der Waals surface area contributed by atoms with E-state index in [0.29, 0.717) is 0 Å². The van der Waals surface area contributed by atoms with Crippen LogP contribution in [0.1, 0.15) is 43.7 Å². The van der Waals surface area contributed by atoms with Crippen molar-refractivity contribution in [2.45, 2.75) is 50.3 Å². The largest absolute Gasteiger partial charge is 0.497 e. The van der Waals surface area contributed by atoms with E-state index >= 15 is 0 Å². The summed E-state index contributed by atoms with van der Waals surface area (Å²) in [5.74, 6) is 0.789. The lowest BCUT2D eigenvalue weighted by atomic mass is 9.66. The average Bonchev–Trinajstić information content (AvgIpc) is 2.64. The van der Waals surface area contributed by atoms with Crippen LogP contribution in [0.4, 0.5) is 0 Å². The molecule has 3 nitrogen and oxygen atoms in total. The molecule has 1 saturated carbocycles. The van der Waals surface area contributed by atoms with E-state index in [1.807, 2.05) is 30.3 Å². The maximum Gasteiger partial charge on any atom is 0.119 e. The molecule has 0 amide bonds. The van der Waals surface area contributed by atoms with Gasteiger partial charge in [-0.15, -0.1) is 0 Å². The molecule has 0 spiro atoms. The van der Waals surface area contributed by atoms with Crippen molar-refractivity contribution in [3.63, 3.8) is 0 Å². The summed E-state index contributed by atoms with van der Waals surface area (Å²) in [5.41, 5.74) is 0.907. The van der Waals surface area contributed by atoms with Crippen LogP contribution in [-0.2, 0) is 12.1 Å². The number of ether oxygens (including phenoxy) is 1. The van der Waals surface area contributed by atoms with E-state index in [2.05, 4.69) is 36.5 Å². The SMILES string of the molecule is COc1cccc(C2(O)CCCCC2(C)NCc2ccccc2)c1. The third-order valence-corrected chi connectivity index (χ3v) is 5.45. The standard InChI is InChI=1S/C21H27NO2/c1-20(22-16-17-9-4-3-5-10-17)13-6-7-14-21(20,23)18-11-8-12-19(15-18)24-2/h3-5,8-12,15,22-23H,6-7,13-14,16H2,1-2H3. The van der Waals surface area contributed by atoms with Crippen molar-refractivity contribution >= 4 is 0 Å².